The minimum Gasteiger partial charge on any atom is -0.493 e. The van der Waals surface area contributed by atoms with E-state index in [9.17, 15) is 9.59 Å². The van der Waals surface area contributed by atoms with E-state index in [2.05, 4.69) is 18.3 Å². The number of nitrogens with zero attached hydrogens (tertiary/aromatic N) is 1. The number of carbonyl (C=O) groups excluding carboxylic acids is 2. The zero-order valence-corrected chi connectivity index (χ0v) is 27.0. The highest BCUT2D eigenvalue weighted by atomic mass is 16.6. The van der Waals surface area contributed by atoms with Crippen molar-refractivity contribution in [1.29, 1.82) is 0 Å². The zero-order chi connectivity index (χ0) is 32.3. The third kappa shape index (κ3) is 5.52. The SMILES string of the molecule is CCCCCCC12C(=Cc3cc4c(cc31)OCCO4)c1cc(OC)c(OC)cc1C(CC(=O)NCc1ccccc1)N2C(=O)OC. The summed E-state index contributed by atoms with van der Waals surface area (Å²) in [6.45, 7) is 3.47. The van der Waals surface area contributed by atoms with E-state index in [1.165, 1.54) is 7.11 Å². The van der Waals surface area contributed by atoms with Gasteiger partial charge in [0.25, 0.3) is 0 Å². The molecule has 2 amide bonds. The summed E-state index contributed by atoms with van der Waals surface area (Å²) in [5, 5.41) is 3.07. The molecule has 1 N–H and O–H groups in total. The Bertz CT molecular complexity index is 1640. The van der Waals surface area contributed by atoms with E-state index in [1.54, 1.807) is 19.1 Å². The first-order valence-electron chi connectivity index (χ1n) is 16.1. The van der Waals surface area contributed by atoms with Gasteiger partial charge in [-0.2, -0.15) is 0 Å². The second-order valence-electron chi connectivity index (χ2n) is 11.9. The van der Waals surface area contributed by atoms with Crippen LogP contribution in [-0.2, 0) is 21.6 Å². The standard InChI is InChI=1S/C37H42N2O7/c1-5-6-7-11-14-37-28-21-34-33(45-15-16-46-34)18-25(28)17-29(37)26-19-31(42-2)32(43-3)20-27(26)30(39(37)36(41)44-4)22-35(40)38-23-24-12-9-8-10-13-24/h8-10,12-13,17-21,30H,5-7,11,14-16,22-23H2,1-4H3,(H,38,40). The monoisotopic (exact) mass is 626 g/mol. The molecule has 6 rings (SSSR count). The predicted octanol–water partition coefficient (Wildman–Crippen LogP) is 7.02. The van der Waals surface area contributed by atoms with E-state index in [1.807, 2.05) is 54.6 Å². The largest absolute Gasteiger partial charge is 0.493 e. The number of nitrogens with one attached hydrogen (secondary N) is 1. The van der Waals surface area contributed by atoms with Crippen molar-refractivity contribution in [3.8, 4) is 23.0 Å². The van der Waals surface area contributed by atoms with Crippen molar-refractivity contribution in [1.82, 2.24) is 10.2 Å². The summed E-state index contributed by atoms with van der Waals surface area (Å²) in [5.41, 5.74) is 4.59. The maximum Gasteiger partial charge on any atom is 0.411 e. The fraction of sp³-hybridized carbons (Fsp3) is 0.405. The Morgan fingerprint density at radius 3 is 2.35 bits per heavy atom. The maximum absolute atomic E-state index is 14.2. The molecule has 0 radical (unpaired) electrons. The van der Waals surface area contributed by atoms with Gasteiger partial charge in [0.05, 0.1) is 39.3 Å². The lowest BCUT2D eigenvalue weighted by molar-refractivity contribution is -0.122. The van der Waals surface area contributed by atoms with Crippen molar-refractivity contribution in [2.75, 3.05) is 34.5 Å². The van der Waals surface area contributed by atoms with Gasteiger partial charge in [0, 0.05) is 6.54 Å². The first-order valence-corrected chi connectivity index (χ1v) is 16.1. The van der Waals surface area contributed by atoms with Gasteiger partial charge in [-0.3, -0.25) is 9.69 Å². The molecule has 0 saturated carbocycles. The van der Waals surface area contributed by atoms with Gasteiger partial charge < -0.3 is 29.0 Å². The van der Waals surface area contributed by atoms with Crippen LogP contribution in [0.5, 0.6) is 23.0 Å². The molecular weight excluding hydrogens is 584 g/mol. The number of benzene rings is 3. The minimum absolute atomic E-state index is 0.0221. The Morgan fingerprint density at radius 1 is 0.935 bits per heavy atom. The summed E-state index contributed by atoms with van der Waals surface area (Å²) in [6.07, 6.45) is 6.31. The lowest BCUT2D eigenvalue weighted by Crippen LogP contribution is -2.54. The number of hydrogen-bond acceptors (Lipinski definition) is 7. The van der Waals surface area contributed by atoms with Gasteiger partial charge in [0.2, 0.25) is 5.91 Å². The van der Waals surface area contributed by atoms with Crippen LogP contribution in [0, 0.1) is 0 Å². The van der Waals surface area contributed by atoms with Gasteiger partial charge in [-0.15, -0.1) is 0 Å². The van der Waals surface area contributed by atoms with Gasteiger partial charge in [0.15, 0.2) is 23.0 Å². The van der Waals surface area contributed by atoms with E-state index >= 15 is 0 Å². The fourth-order valence-corrected chi connectivity index (χ4v) is 7.20. The number of hydrogen-bond donors (Lipinski definition) is 1. The smallest absolute Gasteiger partial charge is 0.411 e. The summed E-state index contributed by atoms with van der Waals surface area (Å²) in [6, 6.07) is 17.0. The lowest BCUT2D eigenvalue weighted by Gasteiger charge is -2.51. The molecule has 0 fully saturated rings. The van der Waals surface area contributed by atoms with Gasteiger partial charge in [-0.1, -0.05) is 62.9 Å². The van der Waals surface area contributed by atoms with E-state index in [0.717, 1.165) is 59.1 Å². The Kier molecular flexibility index (Phi) is 9.10. The normalized spacial score (nSPS) is 18.9. The minimum atomic E-state index is -0.928. The van der Waals surface area contributed by atoms with Crippen LogP contribution in [0.25, 0.3) is 11.6 Å². The summed E-state index contributed by atoms with van der Waals surface area (Å²) in [7, 11) is 4.59. The van der Waals surface area contributed by atoms with Crippen LogP contribution in [0.1, 0.15) is 79.3 Å². The van der Waals surface area contributed by atoms with Crippen molar-refractivity contribution in [3.05, 3.63) is 82.4 Å². The number of methoxy groups -OCH3 is 3. The van der Waals surface area contributed by atoms with Crippen LogP contribution in [0.3, 0.4) is 0 Å². The van der Waals surface area contributed by atoms with Crippen molar-refractivity contribution >= 4 is 23.6 Å². The Labute approximate surface area is 270 Å². The van der Waals surface area contributed by atoms with Crippen molar-refractivity contribution in [2.45, 2.75) is 63.6 Å². The molecule has 2 atom stereocenters. The summed E-state index contributed by atoms with van der Waals surface area (Å²) in [5.74, 6) is 2.23. The fourth-order valence-electron chi connectivity index (χ4n) is 7.20. The summed E-state index contributed by atoms with van der Waals surface area (Å²) < 4.78 is 29.1. The topological polar surface area (TPSA) is 95.6 Å². The van der Waals surface area contributed by atoms with Crippen LogP contribution < -0.4 is 24.3 Å². The highest BCUT2D eigenvalue weighted by Gasteiger charge is 2.56. The van der Waals surface area contributed by atoms with E-state index in [4.69, 9.17) is 23.7 Å². The second kappa shape index (κ2) is 13.4. The molecule has 242 valence electrons. The van der Waals surface area contributed by atoms with Crippen LogP contribution in [-0.4, -0.2) is 51.4 Å². The number of amides is 2. The number of carbonyl (C=O) groups is 2. The number of rotatable bonds is 11. The molecule has 1 aliphatic carbocycles. The van der Waals surface area contributed by atoms with Crippen molar-refractivity contribution in [3.63, 3.8) is 0 Å². The molecule has 3 aromatic rings. The first-order chi connectivity index (χ1) is 22.4. The average Bonchev–Trinajstić information content (AvgIpc) is 3.41. The van der Waals surface area contributed by atoms with Gasteiger partial charge >= 0.3 is 6.09 Å². The molecule has 0 bridgehead atoms. The summed E-state index contributed by atoms with van der Waals surface area (Å²) in [4.78, 5) is 29.8. The highest BCUT2D eigenvalue weighted by molar-refractivity contribution is 6.00. The predicted molar refractivity (Wildman–Crippen MR) is 175 cm³/mol. The molecule has 3 aromatic carbocycles. The second-order valence-corrected chi connectivity index (χ2v) is 11.9. The molecule has 2 unspecified atom stereocenters. The molecule has 0 saturated heterocycles. The number of fused-ring (bicyclic) bond motifs is 6. The maximum atomic E-state index is 14.2. The Balaban J connectivity index is 1.54. The van der Waals surface area contributed by atoms with E-state index in [-0.39, 0.29) is 12.3 Å². The number of ether oxygens (including phenoxy) is 5. The average molecular weight is 627 g/mol. The molecule has 46 heavy (non-hydrogen) atoms. The van der Waals surface area contributed by atoms with Crippen molar-refractivity contribution in [2.24, 2.45) is 0 Å². The molecule has 9 nitrogen and oxygen atoms in total. The third-order valence-corrected chi connectivity index (χ3v) is 9.31. The quantitative estimate of drug-likeness (QED) is 0.229. The van der Waals surface area contributed by atoms with Crippen LogP contribution in [0.15, 0.2) is 54.6 Å². The highest BCUT2D eigenvalue weighted by Crippen LogP contribution is 2.61. The zero-order valence-electron chi connectivity index (χ0n) is 27.0. The molecule has 3 aliphatic rings. The molecule has 9 heteroatoms. The first kappa shape index (κ1) is 31.3. The number of unbranched alkanes of at least 4 members (excludes halogenated alkanes) is 3. The van der Waals surface area contributed by atoms with E-state index < -0.39 is 17.7 Å². The van der Waals surface area contributed by atoms with Gasteiger partial charge in [-0.25, -0.2) is 4.79 Å². The molecule has 0 spiro atoms. The molecule has 0 aromatic heterocycles. The summed E-state index contributed by atoms with van der Waals surface area (Å²) >= 11 is 0. The van der Waals surface area contributed by atoms with Crippen LogP contribution in [0.2, 0.25) is 0 Å². The lowest BCUT2D eigenvalue weighted by atomic mass is 9.71. The Hall–Kier alpha value is -4.66. The molecule has 2 aliphatic heterocycles. The third-order valence-electron chi connectivity index (χ3n) is 9.31. The Morgan fingerprint density at radius 2 is 1.65 bits per heavy atom. The molecule has 2 heterocycles. The van der Waals surface area contributed by atoms with Crippen LogP contribution >= 0.6 is 0 Å². The molecular formula is C37H42N2O7. The van der Waals surface area contributed by atoms with Crippen LogP contribution in [0.4, 0.5) is 4.79 Å². The van der Waals surface area contributed by atoms with E-state index in [0.29, 0.717) is 49.2 Å². The van der Waals surface area contributed by atoms with Gasteiger partial charge in [-0.05, 0) is 70.2 Å². The van der Waals surface area contributed by atoms with Crippen molar-refractivity contribution < 1.29 is 33.3 Å². The van der Waals surface area contributed by atoms with Gasteiger partial charge in [0.1, 0.15) is 13.2 Å².